The van der Waals surface area contributed by atoms with Crippen LogP contribution in [-0.4, -0.2) is 28.9 Å². The lowest BCUT2D eigenvalue weighted by atomic mass is 10.1. The van der Waals surface area contributed by atoms with Gasteiger partial charge in [-0.1, -0.05) is 38.1 Å². The molecule has 1 N–H and O–H groups in total. The first-order valence-electron chi connectivity index (χ1n) is 6.15. The number of hydrogen-bond donors (Lipinski definition) is 1. The fourth-order valence-electron chi connectivity index (χ4n) is 1.69. The van der Waals surface area contributed by atoms with E-state index in [4.69, 9.17) is 5.11 Å². The van der Waals surface area contributed by atoms with Gasteiger partial charge in [-0.05, 0) is 17.2 Å². The average molecular weight is 261 g/mol. The molecule has 1 aromatic rings. The van der Waals surface area contributed by atoms with E-state index in [0.717, 1.165) is 17.2 Å². The van der Waals surface area contributed by atoms with Crippen LogP contribution in [0.2, 0.25) is 0 Å². The van der Waals surface area contributed by atoms with Gasteiger partial charge in [-0.3, -0.25) is 4.79 Å². The Morgan fingerprint density at radius 1 is 1.26 bits per heavy atom. The van der Waals surface area contributed by atoms with Gasteiger partial charge in [0.25, 0.3) is 0 Å². The standard InChI is InChI=1S/C15H19NO3/c1-11(2)15(19)16(3)10-13-6-4-12(5-7-13)8-9-14(17)18/h4-9,11H,10H2,1-3H3,(H,17,18). The van der Waals surface area contributed by atoms with E-state index < -0.39 is 5.97 Å². The van der Waals surface area contributed by atoms with Gasteiger partial charge in [0.1, 0.15) is 0 Å². The monoisotopic (exact) mass is 261 g/mol. The van der Waals surface area contributed by atoms with E-state index >= 15 is 0 Å². The summed E-state index contributed by atoms with van der Waals surface area (Å²) in [5.74, 6) is -0.871. The van der Waals surface area contributed by atoms with Crippen LogP contribution in [0.3, 0.4) is 0 Å². The highest BCUT2D eigenvalue weighted by Gasteiger charge is 2.12. The highest BCUT2D eigenvalue weighted by molar-refractivity contribution is 5.85. The lowest BCUT2D eigenvalue weighted by Crippen LogP contribution is -2.29. The van der Waals surface area contributed by atoms with E-state index in [-0.39, 0.29) is 11.8 Å². The zero-order valence-electron chi connectivity index (χ0n) is 11.5. The summed E-state index contributed by atoms with van der Waals surface area (Å²) in [6.07, 6.45) is 2.64. The predicted molar refractivity (Wildman–Crippen MR) is 74.4 cm³/mol. The van der Waals surface area contributed by atoms with Crippen molar-refractivity contribution in [2.24, 2.45) is 5.92 Å². The van der Waals surface area contributed by atoms with E-state index in [9.17, 15) is 9.59 Å². The van der Waals surface area contributed by atoms with Gasteiger partial charge in [-0.15, -0.1) is 0 Å². The Morgan fingerprint density at radius 2 is 1.84 bits per heavy atom. The summed E-state index contributed by atoms with van der Waals surface area (Å²) in [5, 5.41) is 8.53. The van der Waals surface area contributed by atoms with Crippen molar-refractivity contribution >= 4 is 18.0 Å². The fraction of sp³-hybridized carbons (Fsp3) is 0.333. The van der Waals surface area contributed by atoms with E-state index in [1.54, 1.807) is 11.9 Å². The molecule has 0 bridgehead atoms. The molecule has 0 spiro atoms. The van der Waals surface area contributed by atoms with Gasteiger partial charge in [0.2, 0.25) is 5.91 Å². The summed E-state index contributed by atoms with van der Waals surface area (Å²) >= 11 is 0. The molecule has 0 saturated carbocycles. The zero-order valence-corrected chi connectivity index (χ0v) is 11.5. The normalized spacial score (nSPS) is 10.9. The largest absolute Gasteiger partial charge is 0.478 e. The third-order valence-corrected chi connectivity index (χ3v) is 2.69. The Balaban J connectivity index is 2.67. The molecule has 0 aromatic heterocycles. The summed E-state index contributed by atoms with van der Waals surface area (Å²) in [6.45, 7) is 4.30. The number of carboxylic acids is 1. The second kappa shape index (κ2) is 6.73. The first kappa shape index (κ1) is 15.0. The number of rotatable bonds is 5. The lowest BCUT2D eigenvalue weighted by molar-refractivity contribution is -0.133. The van der Waals surface area contributed by atoms with Gasteiger partial charge in [0.05, 0.1) is 0 Å². The maximum absolute atomic E-state index is 11.7. The molecule has 1 amide bonds. The minimum Gasteiger partial charge on any atom is -0.478 e. The van der Waals surface area contributed by atoms with Gasteiger partial charge in [0.15, 0.2) is 0 Å². The maximum Gasteiger partial charge on any atom is 0.328 e. The molecular weight excluding hydrogens is 242 g/mol. The van der Waals surface area contributed by atoms with E-state index in [0.29, 0.717) is 6.54 Å². The summed E-state index contributed by atoms with van der Waals surface area (Å²) in [7, 11) is 1.78. The molecule has 0 aliphatic carbocycles. The highest BCUT2D eigenvalue weighted by atomic mass is 16.4. The molecule has 4 heteroatoms. The van der Waals surface area contributed by atoms with Crippen molar-refractivity contribution in [3.8, 4) is 0 Å². The molecule has 19 heavy (non-hydrogen) atoms. The van der Waals surface area contributed by atoms with E-state index in [1.807, 2.05) is 38.1 Å². The number of hydrogen-bond acceptors (Lipinski definition) is 2. The summed E-state index contributed by atoms with van der Waals surface area (Å²) in [6, 6.07) is 7.46. The topological polar surface area (TPSA) is 57.6 Å². The number of carbonyl (C=O) groups is 2. The van der Waals surface area contributed by atoms with Gasteiger partial charge >= 0.3 is 5.97 Å². The van der Waals surface area contributed by atoms with Crippen LogP contribution in [-0.2, 0) is 16.1 Å². The second-order valence-corrected chi connectivity index (χ2v) is 4.76. The molecule has 0 radical (unpaired) electrons. The van der Waals surface area contributed by atoms with E-state index in [2.05, 4.69) is 0 Å². The number of nitrogens with zero attached hydrogens (tertiary/aromatic N) is 1. The van der Waals surface area contributed by atoms with Crippen molar-refractivity contribution in [1.82, 2.24) is 4.90 Å². The van der Waals surface area contributed by atoms with Crippen molar-refractivity contribution in [2.45, 2.75) is 20.4 Å². The number of carboxylic acid groups (broad SMARTS) is 1. The maximum atomic E-state index is 11.7. The number of aliphatic carboxylic acids is 1. The lowest BCUT2D eigenvalue weighted by Gasteiger charge is -2.19. The molecule has 0 fully saturated rings. The van der Waals surface area contributed by atoms with Crippen LogP contribution in [0.4, 0.5) is 0 Å². The fourth-order valence-corrected chi connectivity index (χ4v) is 1.69. The Hall–Kier alpha value is -2.10. The molecule has 0 saturated heterocycles. The number of benzene rings is 1. The highest BCUT2D eigenvalue weighted by Crippen LogP contribution is 2.10. The SMILES string of the molecule is CC(C)C(=O)N(C)Cc1ccc(C=CC(=O)O)cc1. The van der Waals surface area contributed by atoms with Crippen LogP contribution in [0.5, 0.6) is 0 Å². The molecule has 0 atom stereocenters. The number of amides is 1. The number of carbonyl (C=O) groups excluding carboxylic acids is 1. The van der Waals surface area contributed by atoms with E-state index in [1.165, 1.54) is 6.08 Å². The van der Waals surface area contributed by atoms with Crippen molar-refractivity contribution in [3.63, 3.8) is 0 Å². The van der Waals surface area contributed by atoms with Crippen LogP contribution >= 0.6 is 0 Å². The van der Waals surface area contributed by atoms with Gasteiger partial charge in [-0.25, -0.2) is 4.79 Å². The van der Waals surface area contributed by atoms with Crippen molar-refractivity contribution in [1.29, 1.82) is 0 Å². The van der Waals surface area contributed by atoms with Gasteiger partial charge in [0, 0.05) is 25.6 Å². The van der Waals surface area contributed by atoms with Crippen molar-refractivity contribution < 1.29 is 14.7 Å². The smallest absolute Gasteiger partial charge is 0.328 e. The molecule has 0 aliphatic heterocycles. The summed E-state index contributed by atoms with van der Waals surface area (Å²) < 4.78 is 0. The van der Waals surface area contributed by atoms with Crippen LogP contribution < -0.4 is 0 Å². The summed E-state index contributed by atoms with van der Waals surface area (Å²) in [5.41, 5.74) is 1.84. The van der Waals surface area contributed by atoms with Crippen molar-refractivity contribution in [3.05, 3.63) is 41.5 Å². The van der Waals surface area contributed by atoms with Crippen molar-refractivity contribution in [2.75, 3.05) is 7.05 Å². The Kier molecular flexibility index (Phi) is 5.30. The minimum absolute atomic E-state index is 0.0113. The second-order valence-electron chi connectivity index (χ2n) is 4.76. The van der Waals surface area contributed by atoms with Crippen LogP contribution in [0, 0.1) is 5.92 Å². The Morgan fingerprint density at radius 3 is 2.32 bits per heavy atom. The third-order valence-electron chi connectivity index (χ3n) is 2.69. The first-order chi connectivity index (χ1) is 8.90. The van der Waals surface area contributed by atoms with Gasteiger partial charge in [-0.2, -0.15) is 0 Å². The quantitative estimate of drug-likeness (QED) is 0.828. The first-order valence-corrected chi connectivity index (χ1v) is 6.15. The molecule has 0 unspecified atom stereocenters. The van der Waals surface area contributed by atoms with Crippen LogP contribution in [0.25, 0.3) is 6.08 Å². The van der Waals surface area contributed by atoms with Gasteiger partial charge < -0.3 is 10.0 Å². The zero-order chi connectivity index (χ0) is 14.4. The minimum atomic E-state index is -0.966. The third kappa shape index (κ3) is 4.95. The molecule has 4 nitrogen and oxygen atoms in total. The Labute approximate surface area is 113 Å². The average Bonchev–Trinajstić information content (AvgIpc) is 2.36. The molecule has 1 rings (SSSR count). The van der Waals surface area contributed by atoms with Crippen LogP contribution in [0.1, 0.15) is 25.0 Å². The Bertz CT molecular complexity index is 475. The predicted octanol–water partition coefficient (Wildman–Crippen LogP) is 2.40. The molecule has 1 aromatic carbocycles. The summed E-state index contributed by atoms with van der Waals surface area (Å²) in [4.78, 5) is 23.8. The van der Waals surface area contributed by atoms with Crippen LogP contribution in [0.15, 0.2) is 30.3 Å². The molecule has 0 heterocycles. The molecular formula is C15H19NO3. The molecule has 102 valence electrons. The molecule has 0 aliphatic rings.